The van der Waals surface area contributed by atoms with E-state index in [0.29, 0.717) is 28.7 Å². The molecule has 33 heavy (non-hydrogen) atoms. The fourth-order valence-corrected chi connectivity index (χ4v) is 4.05. The van der Waals surface area contributed by atoms with Crippen molar-refractivity contribution in [1.29, 1.82) is 0 Å². The number of primary amides is 1. The standard InChI is InChI=1S/C24H25F3N4O2/c25-24(26,27)17-6-7-18-20(8-9-29-21(18)15-17)30-22-16(3-1-5-19(22)23(28)32)4-2-10-31-11-13-33-14-12-31/h1,3,5-9,15H,2,4,10-14H2,(H2,28,32)(H,29,30). The fourth-order valence-electron chi connectivity index (χ4n) is 4.05. The van der Waals surface area contributed by atoms with Gasteiger partial charge in [0.2, 0.25) is 0 Å². The lowest BCUT2D eigenvalue weighted by molar-refractivity contribution is -0.137. The third kappa shape index (κ3) is 5.43. The van der Waals surface area contributed by atoms with Crippen molar-refractivity contribution >= 4 is 28.2 Å². The Balaban J connectivity index is 1.62. The molecule has 3 aromatic rings. The van der Waals surface area contributed by atoms with E-state index in [1.54, 1.807) is 18.2 Å². The number of alkyl halides is 3. The molecular weight excluding hydrogens is 433 g/mol. The van der Waals surface area contributed by atoms with E-state index in [1.165, 1.54) is 12.3 Å². The summed E-state index contributed by atoms with van der Waals surface area (Å²) in [7, 11) is 0. The monoisotopic (exact) mass is 458 g/mol. The summed E-state index contributed by atoms with van der Waals surface area (Å²) >= 11 is 0. The minimum atomic E-state index is -4.45. The molecule has 4 rings (SSSR count). The highest BCUT2D eigenvalue weighted by Gasteiger charge is 2.30. The number of nitrogens with zero attached hydrogens (tertiary/aromatic N) is 2. The van der Waals surface area contributed by atoms with Gasteiger partial charge in [0.05, 0.1) is 35.5 Å². The largest absolute Gasteiger partial charge is 0.416 e. The Labute approximate surface area is 189 Å². The van der Waals surface area contributed by atoms with Crippen LogP contribution in [0, 0.1) is 0 Å². The number of ether oxygens (including phenoxy) is 1. The van der Waals surface area contributed by atoms with Crippen molar-refractivity contribution < 1.29 is 22.7 Å². The Morgan fingerprint density at radius 1 is 1.15 bits per heavy atom. The number of carbonyl (C=O) groups excluding carboxylic acids is 1. The molecule has 1 aliphatic rings. The van der Waals surface area contributed by atoms with Crippen molar-refractivity contribution in [3.63, 3.8) is 0 Å². The number of rotatable bonds is 7. The molecule has 0 aliphatic carbocycles. The van der Waals surface area contributed by atoms with Crippen LogP contribution in [-0.4, -0.2) is 48.6 Å². The van der Waals surface area contributed by atoms with Crippen molar-refractivity contribution in [2.45, 2.75) is 19.0 Å². The molecule has 2 aromatic carbocycles. The highest BCUT2D eigenvalue weighted by atomic mass is 19.4. The molecule has 0 bridgehead atoms. The van der Waals surface area contributed by atoms with E-state index in [-0.39, 0.29) is 5.52 Å². The minimum Gasteiger partial charge on any atom is -0.379 e. The van der Waals surface area contributed by atoms with E-state index in [1.807, 2.05) is 6.07 Å². The van der Waals surface area contributed by atoms with E-state index in [0.717, 1.165) is 57.0 Å². The van der Waals surface area contributed by atoms with Crippen LogP contribution in [0.15, 0.2) is 48.7 Å². The fraction of sp³-hybridized carbons (Fsp3) is 0.333. The number of aromatic nitrogens is 1. The lowest BCUT2D eigenvalue weighted by atomic mass is 10.0. The second kappa shape index (κ2) is 9.76. The van der Waals surface area contributed by atoms with Crippen LogP contribution in [0.4, 0.5) is 24.5 Å². The van der Waals surface area contributed by atoms with Gasteiger partial charge >= 0.3 is 6.18 Å². The molecule has 1 fully saturated rings. The second-order valence-corrected chi connectivity index (χ2v) is 7.97. The highest BCUT2D eigenvalue weighted by Crippen LogP contribution is 2.34. The van der Waals surface area contributed by atoms with Crippen molar-refractivity contribution in [3.8, 4) is 0 Å². The molecule has 1 saturated heterocycles. The topological polar surface area (TPSA) is 80.5 Å². The van der Waals surface area contributed by atoms with Crippen LogP contribution in [0.3, 0.4) is 0 Å². The summed E-state index contributed by atoms with van der Waals surface area (Å²) < 4.78 is 44.7. The molecule has 6 nitrogen and oxygen atoms in total. The van der Waals surface area contributed by atoms with Gasteiger partial charge in [-0.15, -0.1) is 0 Å². The number of aryl methyl sites for hydroxylation is 1. The maximum Gasteiger partial charge on any atom is 0.416 e. The first-order valence-corrected chi connectivity index (χ1v) is 10.8. The number of fused-ring (bicyclic) bond motifs is 1. The lowest BCUT2D eigenvalue weighted by Gasteiger charge is -2.26. The highest BCUT2D eigenvalue weighted by molar-refractivity contribution is 6.02. The molecule has 0 atom stereocenters. The normalized spacial score (nSPS) is 15.0. The molecule has 9 heteroatoms. The summed E-state index contributed by atoms with van der Waals surface area (Å²) in [6.07, 6.45) is -1.42. The number of pyridine rings is 1. The SMILES string of the molecule is NC(=O)c1cccc(CCCN2CCOCC2)c1Nc1ccnc2cc(C(F)(F)F)ccc12. The minimum absolute atomic E-state index is 0.209. The van der Waals surface area contributed by atoms with Crippen molar-refractivity contribution in [2.24, 2.45) is 5.73 Å². The Hall–Kier alpha value is -3.17. The van der Waals surface area contributed by atoms with E-state index in [2.05, 4.69) is 15.2 Å². The van der Waals surface area contributed by atoms with Crippen molar-refractivity contribution in [1.82, 2.24) is 9.88 Å². The summed E-state index contributed by atoms with van der Waals surface area (Å²) in [5, 5.41) is 3.77. The van der Waals surface area contributed by atoms with Crippen LogP contribution in [-0.2, 0) is 17.3 Å². The molecule has 0 saturated carbocycles. The molecule has 0 radical (unpaired) electrons. The third-order valence-electron chi connectivity index (χ3n) is 5.77. The van der Waals surface area contributed by atoms with Crippen LogP contribution in [0.5, 0.6) is 0 Å². The average molecular weight is 458 g/mol. The number of nitrogens with one attached hydrogen (secondary N) is 1. The second-order valence-electron chi connectivity index (χ2n) is 7.97. The van der Waals surface area contributed by atoms with Crippen molar-refractivity contribution in [3.05, 3.63) is 65.4 Å². The number of halogens is 3. The van der Waals surface area contributed by atoms with Gasteiger partial charge in [-0.25, -0.2) is 0 Å². The van der Waals surface area contributed by atoms with Crippen LogP contribution in [0.2, 0.25) is 0 Å². The van der Waals surface area contributed by atoms with Gasteiger partial charge in [0.25, 0.3) is 5.91 Å². The number of benzene rings is 2. The average Bonchev–Trinajstić information content (AvgIpc) is 2.80. The number of anilines is 2. The van der Waals surface area contributed by atoms with Gasteiger partial charge in [0.1, 0.15) is 0 Å². The van der Waals surface area contributed by atoms with Crippen molar-refractivity contribution in [2.75, 3.05) is 38.2 Å². The molecule has 3 N–H and O–H groups in total. The molecule has 1 amide bonds. The molecule has 174 valence electrons. The lowest BCUT2D eigenvalue weighted by Crippen LogP contribution is -2.36. The Morgan fingerprint density at radius 3 is 2.67 bits per heavy atom. The number of hydrogen-bond acceptors (Lipinski definition) is 5. The van der Waals surface area contributed by atoms with Crippen LogP contribution < -0.4 is 11.1 Å². The summed E-state index contributed by atoms with van der Waals surface area (Å²) in [4.78, 5) is 18.6. The van der Waals surface area contributed by atoms with Crippen LogP contribution >= 0.6 is 0 Å². The Kier molecular flexibility index (Phi) is 6.80. The number of para-hydroxylation sites is 1. The predicted molar refractivity (Wildman–Crippen MR) is 121 cm³/mol. The summed E-state index contributed by atoms with van der Waals surface area (Å²) in [6.45, 7) is 4.16. The Morgan fingerprint density at radius 2 is 1.94 bits per heavy atom. The van der Waals surface area contributed by atoms with Gasteiger partial charge in [-0.3, -0.25) is 14.7 Å². The van der Waals surface area contributed by atoms with Gasteiger partial charge in [0, 0.05) is 30.4 Å². The first-order valence-electron chi connectivity index (χ1n) is 10.8. The number of nitrogens with two attached hydrogens (primary N) is 1. The number of amides is 1. The van der Waals surface area contributed by atoms with Crippen LogP contribution in [0.25, 0.3) is 10.9 Å². The molecule has 1 aliphatic heterocycles. The van der Waals surface area contributed by atoms with E-state index in [4.69, 9.17) is 10.5 Å². The van der Waals surface area contributed by atoms with Gasteiger partial charge in [-0.1, -0.05) is 18.2 Å². The zero-order valence-corrected chi connectivity index (χ0v) is 18.0. The van der Waals surface area contributed by atoms with Gasteiger partial charge in [-0.05, 0) is 49.2 Å². The number of hydrogen-bond donors (Lipinski definition) is 2. The first-order chi connectivity index (χ1) is 15.8. The molecule has 0 unspecified atom stereocenters. The first kappa shape index (κ1) is 23.0. The summed E-state index contributed by atoms with van der Waals surface area (Å²) in [5.41, 5.74) is 7.43. The molecule has 0 spiro atoms. The zero-order valence-electron chi connectivity index (χ0n) is 18.0. The number of morpholine rings is 1. The quantitative estimate of drug-likeness (QED) is 0.550. The van der Waals surface area contributed by atoms with E-state index < -0.39 is 17.6 Å². The zero-order chi connectivity index (χ0) is 23.4. The number of carbonyl (C=O) groups is 1. The predicted octanol–water partition coefficient (Wildman–Crippen LogP) is 4.36. The van der Waals surface area contributed by atoms with Crippen LogP contribution in [0.1, 0.15) is 27.9 Å². The maximum atomic E-state index is 13.1. The molecule has 2 heterocycles. The smallest absolute Gasteiger partial charge is 0.379 e. The maximum absolute atomic E-state index is 13.1. The van der Waals surface area contributed by atoms with Gasteiger partial charge in [0.15, 0.2) is 0 Å². The van der Waals surface area contributed by atoms with E-state index in [9.17, 15) is 18.0 Å². The molecular formula is C24H25F3N4O2. The molecule has 1 aromatic heterocycles. The summed E-state index contributed by atoms with van der Waals surface area (Å²) in [5.74, 6) is -0.578. The summed E-state index contributed by atoms with van der Waals surface area (Å²) in [6, 6.07) is 10.5. The van der Waals surface area contributed by atoms with Gasteiger partial charge in [-0.2, -0.15) is 13.2 Å². The van der Waals surface area contributed by atoms with Gasteiger partial charge < -0.3 is 15.8 Å². The van der Waals surface area contributed by atoms with E-state index >= 15 is 0 Å². The Bertz CT molecular complexity index is 1140. The third-order valence-corrected chi connectivity index (χ3v) is 5.77.